The zero-order chi connectivity index (χ0) is 25.6. The average Bonchev–Trinajstić information content (AvgIpc) is 3.04. The van der Waals surface area contributed by atoms with Crippen LogP contribution in [0.25, 0.3) is 0 Å². The molecule has 190 valence electrons. The van der Waals surface area contributed by atoms with Crippen LogP contribution >= 0.6 is 0 Å². The van der Waals surface area contributed by atoms with Gasteiger partial charge >= 0.3 is 17.9 Å². The lowest BCUT2D eigenvalue weighted by molar-refractivity contribution is -0.192. The van der Waals surface area contributed by atoms with Gasteiger partial charge in [-0.15, -0.1) is 0 Å². The Hall–Kier alpha value is -2.19. The van der Waals surface area contributed by atoms with E-state index in [0.29, 0.717) is 24.8 Å². The molecule has 0 amide bonds. The fraction of sp³-hybridized carbons (Fsp3) is 0.731. The van der Waals surface area contributed by atoms with Gasteiger partial charge in [0.05, 0.1) is 12.2 Å². The quantitative estimate of drug-likeness (QED) is 0.373. The highest BCUT2D eigenvalue weighted by molar-refractivity contribution is 5.67. The maximum Gasteiger partial charge on any atom is 0.303 e. The van der Waals surface area contributed by atoms with Gasteiger partial charge in [-0.05, 0) is 58.6 Å². The molecule has 0 radical (unpaired) electrons. The van der Waals surface area contributed by atoms with E-state index in [9.17, 15) is 19.5 Å². The largest absolute Gasteiger partial charge is 0.459 e. The Labute approximate surface area is 201 Å². The number of aliphatic hydroxyl groups is 1. The Morgan fingerprint density at radius 2 is 1.82 bits per heavy atom. The molecular weight excluding hydrogens is 440 g/mol. The molecule has 0 aromatic carbocycles. The number of hydrogen-bond acceptors (Lipinski definition) is 8. The number of ether oxygens (including phenoxy) is 4. The molecule has 8 heteroatoms. The van der Waals surface area contributed by atoms with Gasteiger partial charge in [0.2, 0.25) is 0 Å². The minimum Gasteiger partial charge on any atom is -0.459 e. The van der Waals surface area contributed by atoms with E-state index < -0.39 is 53.3 Å². The van der Waals surface area contributed by atoms with E-state index in [1.807, 2.05) is 33.8 Å². The van der Waals surface area contributed by atoms with Crippen molar-refractivity contribution in [3.05, 3.63) is 23.8 Å². The first kappa shape index (κ1) is 26.4. The standard InChI is InChI=1S/C26H38O8/c1-13-11-19-21-14(2)12-20(31-15(3)27)23(25(6,7)33-16(4)28)22(21)24(32-19)26(8,34-17(5)29)10-9-18(13)30/h12,18-24,30H,1,9-11H2,2-8H3. The Kier molecular flexibility index (Phi) is 7.35. The summed E-state index contributed by atoms with van der Waals surface area (Å²) in [4.78, 5) is 36.3. The molecule has 3 rings (SSSR count). The van der Waals surface area contributed by atoms with Crippen LogP contribution < -0.4 is 0 Å². The van der Waals surface area contributed by atoms with Gasteiger partial charge < -0.3 is 24.1 Å². The molecule has 1 aliphatic carbocycles. The van der Waals surface area contributed by atoms with Crippen molar-refractivity contribution in [2.24, 2.45) is 17.8 Å². The first-order valence-electron chi connectivity index (χ1n) is 11.9. The van der Waals surface area contributed by atoms with E-state index in [2.05, 4.69) is 6.58 Å². The van der Waals surface area contributed by atoms with Gasteiger partial charge in [0.25, 0.3) is 0 Å². The lowest BCUT2D eigenvalue weighted by atomic mass is 9.60. The molecule has 3 aliphatic rings. The molecule has 2 bridgehead atoms. The fourth-order valence-electron chi connectivity index (χ4n) is 6.43. The monoisotopic (exact) mass is 478 g/mol. The molecule has 2 aliphatic heterocycles. The van der Waals surface area contributed by atoms with Crippen molar-refractivity contribution in [3.8, 4) is 0 Å². The number of fused-ring (bicyclic) bond motifs is 5. The number of hydrogen-bond donors (Lipinski definition) is 1. The summed E-state index contributed by atoms with van der Waals surface area (Å²) in [5.74, 6) is -2.22. The number of carbonyl (C=O) groups excluding carboxylic acids is 3. The summed E-state index contributed by atoms with van der Waals surface area (Å²) in [6.07, 6.45) is 0.788. The van der Waals surface area contributed by atoms with Crippen LogP contribution in [0.2, 0.25) is 0 Å². The maximum absolute atomic E-state index is 12.2. The minimum absolute atomic E-state index is 0.131. The molecule has 2 saturated heterocycles. The van der Waals surface area contributed by atoms with Gasteiger partial charge in [0.1, 0.15) is 23.4 Å². The van der Waals surface area contributed by atoms with Crippen LogP contribution in [0.5, 0.6) is 0 Å². The van der Waals surface area contributed by atoms with Crippen LogP contribution in [0, 0.1) is 17.8 Å². The van der Waals surface area contributed by atoms with E-state index in [1.54, 1.807) is 0 Å². The average molecular weight is 479 g/mol. The Bertz CT molecular complexity index is 889. The number of rotatable bonds is 4. The lowest BCUT2D eigenvalue weighted by Gasteiger charge is -2.49. The normalized spacial score (nSPS) is 37.9. The van der Waals surface area contributed by atoms with Crippen molar-refractivity contribution in [2.75, 3.05) is 0 Å². The van der Waals surface area contributed by atoms with E-state index in [-0.39, 0.29) is 17.9 Å². The Morgan fingerprint density at radius 1 is 1.18 bits per heavy atom. The third kappa shape index (κ3) is 5.08. The molecule has 0 saturated carbocycles. The van der Waals surface area contributed by atoms with Crippen molar-refractivity contribution in [2.45, 2.75) is 103 Å². The summed E-state index contributed by atoms with van der Waals surface area (Å²) in [5, 5.41) is 10.7. The SMILES string of the molecule is C=C1CC2OC(C3C2C(C)=CC(OC(C)=O)C3C(C)(C)OC(C)=O)C(C)(OC(C)=O)CCC1O. The third-order valence-corrected chi connectivity index (χ3v) is 7.55. The molecule has 34 heavy (non-hydrogen) atoms. The van der Waals surface area contributed by atoms with Crippen molar-refractivity contribution in [1.82, 2.24) is 0 Å². The van der Waals surface area contributed by atoms with Crippen LogP contribution in [0.1, 0.15) is 67.7 Å². The van der Waals surface area contributed by atoms with Crippen molar-refractivity contribution >= 4 is 17.9 Å². The predicted molar refractivity (Wildman–Crippen MR) is 123 cm³/mol. The second-order valence-corrected chi connectivity index (χ2v) is 10.7. The Morgan fingerprint density at radius 3 is 2.38 bits per heavy atom. The van der Waals surface area contributed by atoms with Crippen LogP contribution in [0.15, 0.2) is 23.8 Å². The highest BCUT2D eigenvalue weighted by Crippen LogP contribution is 2.56. The molecule has 1 N–H and O–H groups in total. The third-order valence-electron chi connectivity index (χ3n) is 7.55. The van der Waals surface area contributed by atoms with Gasteiger partial charge in [0.15, 0.2) is 0 Å². The molecule has 8 unspecified atom stereocenters. The molecule has 2 fully saturated rings. The molecule has 2 heterocycles. The van der Waals surface area contributed by atoms with E-state index in [4.69, 9.17) is 18.9 Å². The molecule has 0 aromatic heterocycles. The van der Waals surface area contributed by atoms with Gasteiger partial charge in [-0.25, -0.2) is 0 Å². The van der Waals surface area contributed by atoms with Gasteiger partial charge in [-0.2, -0.15) is 0 Å². The van der Waals surface area contributed by atoms with E-state index in [1.165, 1.54) is 20.8 Å². The van der Waals surface area contributed by atoms with Crippen LogP contribution in [-0.4, -0.2) is 58.6 Å². The summed E-state index contributed by atoms with van der Waals surface area (Å²) in [5.41, 5.74) is -0.424. The van der Waals surface area contributed by atoms with Crippen LogP contribution in [0.4, 0.5) is 0 Å². The van der Waals surface area contributed by atoms with Gasteiger partial charge in [-0.3, -0.25) is 14.4 Å². The lowest BCUT2D eigenvalue weighted by Crippen LogP contribution is -2.57. The summed E-state index contributed by atoms with van der Waals surface area (Å²) in [7, 11) is 0. The van der Waals surface area contributed by atoms with Crippen LogP contribution in [0.3, 0.4) is 0 Å². The van der Waals surface area contributed by atoms with Crippen molar-refractivity contribution in [1.29, 1.82) is 0 Å². The number of esters is 3. The second kappa shape index (κ2) is 9.46. The van der Waals surface area contributed by atoms with Gasteiger partial charge in [-0.1, -0.05) is 12.2 Å². The number of carbonyl (C=O) groups is 3. The highest BCUT2D eigenvalue weighted by atomic mass is 16.6. The molecule has 0 aromatic rings. The minimum atomic E-state index is -1.06. The zero-order valence-corrected chi connectivity index (χ0v) is 21.3. The smallest absolute Gasteiger partial charge is 0.303 e. The van der Waals surface area contributed by atoms with Crippen molar-refractivity contribution in [3.63, 3.8) is 0 Å². The molecular formula is C26H38O8. The summed E-state index contributed by atoms with van der Waals surface area (Å²) >= 11 is 0. The second-order valence-electron chi connectivity index (χ2n) is 10.7. The summed E-state index contributed by atoms with van der Waals surface area (Å²) in [6.45, 7) is 15.6. The molecule has 8 atom stereocenters. The number of aliphatic hydroxyl groups excluding tert-OH is 1. The van der Waals surface area contributed by atoms with Crippen LogP contribution in [-0.2, 0) is 33.3 Å². The topological polar surface area (TPSA) is 108 Å². The first-order valence-corrected chi connectivity index (χ1v) is 11.9. The maximum atomic E-state index is 12.2. The fourth-order valence-corrected chi connectivity index (χ4v) is 6.43. The Balaban J connectivity index is 2.20. The van der Waals surface area contributed by atoms with Crippen molar-refractivity contribution < 1.29 is 38.4 Å². The molecule has 8 nitrogen and oxygen atoms in total. The predicted octanol–water partition coefficient (Wildman–Crippen LogP) is 3.26. The molecule has 0 spiro atoms. The summed E-state index contributed by atoms with van der Waals surface area (Å²) < 4.78 is 24.1. The van der Waals surface area contributed by atoms with E-state index in [0.717, 1.165) is 5.57 Å². The first-order chi connectivity index (χ1) is 15.7. The highest BCUT2D eigenvalue weighted by Gasteiger charge is 2.63. The van der Waals surface area contributed by atoms with E-state index >= 15 is 0 Å². The van der Waals surface area contributed by atoms with Gasteiger partial charge in [0, 0.05) is 38.5 Å². The zero-order valence-electron chi connectivity index (χ0n) is 21.3. The summed E-state index contributed by atoms with van der Waals surface area (Å²) in [6, 6.07) is 0.